The largest absolute Gasteiger partial charge is 0.492 e. The number of carbonyl (C=O) groups excluding carboxylic acids is 2. The van der Waals surface area contributed by atoms with Crippen LogP contribution in [-0.2, 0) is 0 Å². The van der Waals surface area contributed by atoms with Crippen LogP contribution in [0.1, 0.15) is 31.3 Å². The molecule has 24 heavy (non-hydrogen) atoms. The van der Waals surface area contributed by atoms with E-state index in [2.05, 4.69) is 15.3 Å². The zero-order chi connectivity index (χ0) is 17.4. The van der Waals surface area contributed by atoms with Crippen LogP contribution in [0.15, 0.2) is 24.3 Å². The van der Waals surface area contributed by atoms with E-state index < -0.39 is 17.7 Å². The molecule has 0 aliphatic rings. The van der Waals surface area contributed by atoms with E-state index >= 15 is 0 Å². The minimum atomic E-state index is -0.658. The number of para-hydroxylation sites is 2. The number of aryl methyl sites for hydroxylation is 1. The number of nitrogens with two attached hydrogens (primary N) is 1. The van der Waals surface area contributed by atoms with Crippen molar-refractivity contribution < 1.29 is 14.7 Å². The van der Waals surface area contributed by atoms with Gasteiger partial charge in [-0.2, -0.15) is 0 Å². The van der Waals surface area contributed by atoms with Gasteiger partial charge in [-0.05, 0) is 31.5 Å². The molecule has 2 amide bonds. The number of primary amides is 1. The Morgan fingerprint density at radius 1 is 1.17 bits per heavy atom. The number of nitrogens with one attached hydrogen (secondary N) is 1. The number of hydrogen-bond acceptors (Lipinski definition) is 6. The maximum atomic E-state index is 12.5. The molecule has 0 atom stereocenters. The molecule has 0 spiro atoms. The highest BCUT2D eigenvalue weighted by Crippen LogP contribution is 2.32. The molecule has 4 N–H and O–H groups in total. The molecule has 0 aliphatic carbocycles. The molecule has 2 heterocycles. The second kappa shape index (κ2) is 5.89. The van der Waals surface area contributed by atoms with Crippen LogP contribution in [0.4, 0.5) is 5.00 Å². The Balaban J connectivity index is 2.01. The molecule has 1 aromatic carbocycles. The monoisotopic (exact) mass is 342 g/mol. The van der Waals surface area contributed by atoms with Crippen LogP contribution in [0.5, 0.6) is 5.88 Å². The van der Waals surface area contributed by atoms with Crippen molar-refractivity contribution in [1.82, 2.24) is 9.97 Å². The van der Waals surface area contributed by atoms with Crippen molar-refractivity contribution in [3.05, 3.63) is 46.0 Å². The highest BCUT2D eigenvalue weighted by atomic mass is 32.1. The number of benzene rings is 1. The van der Waals surface area contributed by atoms with Crippen LogP contribution in [0.3, 0.4) is 0 Å². The van der Waals surface area contributed by atoms with Gasteiger partial charge < -0.3 is 16.2 Å². The summed E-state index contributed by atoms with van der Waals surface area (Å²) in [5.74, 6) is -1.76. The van der Waals surface area contributed by atoms with E-state index in [0.717, 1.165) is 10.4 Å². The maximum Gasteiger partial charge on any atom is 0.280 e. The molecule has 0 radical (unpaired) electrons. The van der Waals surface area contributed by atoms with Crippen molar-refractivity contribution in [2.24, 2.45) is 5.73 Å². The van der Waals surface area contributed by atoms with Gasteiger partial charge in [0.2, 0.25) is 5.88 Å². The van der Waals surface area contributed by atoms with E-state index in [1.165, 1.54) is 11.3 Å². The number of nitrogens with zero attached hydrogens (tertiary/aromatic N) is 2. The Morgan fingerprint density at radius 2 is 1.79 bits per heavy atom. The number of aromatic nitrogens is 2. The first-order chi connectivity index (χ1) is 11.4. The molecule has 3 rings (SSSR count). The van der Waals surface area contributed by atoms with Crippen LogP contribution >= 0.6 is 11.3 Å². The van der Waals surface area contributed by atoms with Gasteiger partial charge in [0.1, 0.15) is 5.00 Å². The maximum absolute atomic E-state index is 12.5. The number of hydrogen-bond donors (Lipinski definition) is 3. The molecule has 0 fully saturated rings. The van der Waals surface area contributed by atoms with Crippen molar-refractivity contribution in [1.29, 1.82) is 0 Å². The van der Waals surface area contributed by atoms with Crippen LogP contribution in [0, 0.1) is 13.8 Å². The molecule has 0 aliphatic heterocycles. The summed E-state index contributed by atoms with van der Waals surface area (Å²) in [5, 5.41) is 12.9. The molecule has 0 unspecified atom stereocenters. The third-order valence-electron chi connectivity index (χ3n) is 3.63. The molecular formula is C16H14N4O3S. The molecule has 0 saturated heterocycles. The fraction of sp³-hybridized carbons (Fsp3) is 0.125. The number of carbonyl (C=O) groups is 2. The lowest BCUT2D eigenvalue weighted by molar-refractivity contribution is 0.100. The van der Waals surface area contributed by atoms with E-state index in [0.29, 0.717) is 16.0 Å². The van der Waals surface area contributed by atoms with Gasteiger partial charge in [-0.1, -0.05) is 12.1 Å². The Morgan fingerprint density at radius 3 is 2.42 bits per heavy atom. The second-order valence-corrected chi connectivity index (χ2v) is 6.42. The summed E-state index contributed by atoms with van der Waals surface area (Å²) in [5.41, 5.74) is 7.11. The molecule has 3 aromatic rings. The summed E-state index contributed by atoms with van der Waals surface area (Å²) in [6.07, 6.45) is 0. The zero-order valence-corrected chi connectivity index (χ0v) is 13.8. The SMILES string of the molecule is Cc1sc(NC(=O)c2nc3ccccc3nc2O)c(C(N)=O)c1C. The first kappa shape index (κ1) is 15.9. The summed E-state index contributed by atoms with van der Waals surface area (Å²) >= 11 is 1.24. The van der Waals surface area contributed by atoms with Gasteiger partial charge in [-0.3, -0.25) is 9.59 Å². The number of fused-ring (bicyclic) bond motifs is 1. The van der Waals surface area contributed by atoms with E-state index in [-0.39, 0.29) is 11.3 Å². The quantitative estimate of drug-likeness (QED) is 0.675. The summed E-state index contributed by atoms with van der Waals surface area (Å²) in [6, 6.07) is 6.88. The standard InChI is InChI=1S/C16H14N4O3S/c1-7-8(2)24-16(11(7)13(17)21)20-15(23)12-14(22)19-10-6-4-3-5-9(10)18-12/h3-6H,1-2H3,(H2,17,21)(H,19,22)(H,20,23). The number of thiophene rings is 1. The van der Waals surface area contributed by atoms with Gasteiger partial charge in [-0.25, -0.2) is 9.97 Å². The lowest BCUT2D eigenvalue weighted by Gasteiger charge is -2.07. The van der Waals surface area contributed by atoms with Gasteiger partial charge in [0.15, 0.2) is 5.69 Å². The average Bonchev–Trinajstić information content (AvgIpc) is 2.80. The van der Waals surface area contributed by atoms with Gasteiger partial charge in [0, 0.05) is 4.88 Å². The second-order valence-electron chi connectivity index (χ2n) is 5.19. The van der Waals surface area contributed by atoms with Crippen LogP contribution < -0.4 is 11.1 Å². The highest BCUT2D eigenvalue weighted by Gasteiger charge is 2.22. The van der Waals surface area contributed by atoms with E-state index in [4.69, 9.17) is 5.73 Å². The molecule has 8 heteroatoms. The number of aromatic hydroxyl groups is 1. The number of anilines is 1. The summed E-state index contributed by atoms with van der Waals surface area (Å²) < 4.78 is 0. The molecule has 2 aromatic heterocycles. The Kier molecular flexibility index (Phi) is 3.90. The van der Waals surface area contributed by atoms with Crippen molar-refractivity contribution in [2.75, 3.05) is 5.32 Å². The Labute approximate surface area is 141 Å². The molecule has 122 valence electrons. The first-order valence-electron chi connectivity index (χ1n) is 7.05. The summed E-state index contributed by atoms with van der Waals surface area (Å²) in [7, 11) is 0. The lowest BCUT2D eigenvalue weighted by Crippen LogP contribution is -2.18. The van der Waals surface area contributed by atoms with Crippen LogP contribution in [0.2, 0.25) is 0 Å². The fourth-order valence-electron chi connectivity index (χ4n) is 2.32. The predicted molar refractivity (Wildman–Crippen MR) is 91.5 cm³/mol. The average molecular weight is 342 g/mol. The normalized spacial score (nSPS) is 10.8. The third kappa shape index (κ3) is 2.67. The van der Waals surface area contributed by atoms with Gasteiger partial charge in [0.05, 0.1) is 16.6 Å². The summed E-state index contributed by atoms with van der Waals surface area (Å²) in [6.45, 7) is 3.59. The van der Waals surface area contributed by atoms with Gasteiger partial charge in [-0.15, -0.1) is 11.3 Å². The van der Waals surface area contributed by atoms with Gasteiger partial charge in [0.25, 0.3) is 11.8 Å². The minimum Gasteiger partial charge on any atom is -0.492 e. The third-order valence-corrected chi connectivity index (χ3v) is 4.75. The zero-order valence-electron chi connectivity index (χ0n) is 13.0. The molecular weight excluding hydrogens is 328 g/mol. The summed E-state index contributed by atoms with van der Waals surface area (Å²) in [4.78, 5) is 33.0. The van der Waals surface area contributed by atoms with Crippen molar-refractivity contribution in [2.45, 2.75) is 13.8 Å². The molecule has 0 saturated carbocycles. The number of amides is 2. The van der Waals surface area contributed by atoms with E-state index in [1.807, 2.05) is 6.92 Å². The van der Waals surface area contributed by atoms with Crippen molar-refractivity contribution in [3.63, 3.8) is 0 Å². The highest BCUT2D eigenvalue weighted by molar-refractivity contribution is 7.16. The predicted octanol–water partition coefficient (Wildman–Crippen LogP) is 2.36. The lowest BCUT2D eigenvalue weighted by atomic mass is 10.1. The van der Waals surface area contributed by atoms with E-state index in [9.17, 15) is 14.7 Å². The van der Waals surface area contributed by atoms with Crippen molar-refractivity contribution in [3.8, 4) is 5.88 Å². The Bertz CT molecular complexity index is 981. The van der Waals surface area contributed by atoms with E-state index in [1.54, 1.807) is 31.2 Å². The van der Waals surface area contributed by atoms with Crippen molar-refractivity contribution >= 4 is 39.2 Å². The Hall–Kier alpha value is -3.00. The molecule has 0 bridgehead atoms. The van der Waals surface area contributed by atoms with Gasteiger partial charge >= 0.3 is 0 Å². The minimum absolute atomic E-state index is 0.215. The fourth-order valence-corrected chi connectivity index (χ4v) is 3.38. The topological polar surface area (TPSA) is 118 Å². The smallest absolute Gasteiger partial charge is 0.280 e. The first-order valence-corrected chi connectivity index (χ1v) is 7.87. The van der Waals surface area contributed by atoms with Crippen LogP contribution in [-0.4, -0.2) is 26.9 Å². The number of rotatable bonds is 3. The molecule has 7 nitrogen and oxygen atoms in total. The van der Waals surface area contributed by atoms with Crippen LogP contribution in [0.25, 0.3) is 11.0 Å².